The highest BCUT2D eigenvalue weighted by molar-refractivity contribution is 5.84. The Labute approximate surface area is 230 Å². The summed E-state index contributed by atoms with van der Waals surface area (Å²) in [4.78, 5) is 35.9. The van der Waals surface area contributed by atoms with Gasteiger partial charge in [-0.3, -0.25) is 4.79 Å². The Bertz CT molecular complexity index is 1210. The smallest absolute Gasteiger partial charge is 0.475 e. The zero-order chi connectivity index (χ0) is 29.5. The highest BCUT2D eigenvalue weighted by Crippen LogP contribution is 2.19. The number of hydrogen-bond acceptors (Lipinski definition) is 6. The molecule has 1 aliphatic heterocycles. The number of carboxylic acids is 1. The lowest BCUT2D eigenvalue weighted by Gasteiger charge is -2.31. The number of carboxylic acid groups (broad SMARTS) is 1. The minimum Gasteiger partial charge on any atom is -0.475 e. The predicted molar refractivity (Wildman–Crippen MR) is 142 cm³/mol. The lowest BCUT2D eigenvalue weighted by atomic mass is 9.94. The van der Waals surface area contributed by atoms with Crippen molar-refractivity contribution in [1.29, 1.82) is 0 Å². The van der Waals surface area contributed by atoms with Crippen LogP contribution in [0.25, 0.3) is 0 Å². The molecule has 0 aliphatic carbocycles. The second-order valence-electron chi connectivity index (χ2n) is 8.94. The van der Waals surface area contributed by atoms with Crippen LogP contribution in [-0.2, 0) is 25.5 Å². The molecule has 3 rings (SSSR count). The molecule has 4 N–H and O–H groups in total. The molecule has 9 nitrogen and oxygen atoms in total. The first kappa shape index (κ1) is 31.7. The van der Waals surface area contributed by atoms with Gasteiger partial charge in [-0.25, -0.2) is 9.59 Å². The zero-order valence-electron chi connectivity index (χ0n) is 21.9. The van der Waals surface area contributed by atoms with Crippen molar-refractivity contribution in [2.24, 2.45) is 16.9 Å². The summed E-state index contributed by atoms with van der Waals surface area (Å²) in [5.41, 5.74) is 2.74. The van der Waals surface area contributed by atoms with Crippen molar-refractivity contribution < 1.29 is 37.4 Å². The molecule has 0 bridgehead atoms. The molecule has 1 amide bonds. The van der Waals surface area contributed by atoms with E-state index in [0.717, 1.165) is 42.6 Å². The van der Waals surface area contributed by atoms with E-state index in [0.29, 0.717) is 12.8 Å². The Morgan fingerprint density at radius 3 is 2.30 bits per heavy atom. The van der Waals surface area contributed by atoms with Gasteiger partial charge in [-0.2, -0.15) is 18.3 Å². The summed E-state index contributed by atoms with van der Waals surface area (Å²) in [5.74, 6) is 8.31. The Kier molecular flexibility index (Phi) is 12.5. The van der Waals surface area contributed by atoms with Gasteiger partial charge in [-0.15, -0.1) is 0 Å². The molecule has 0 radical (unpaired) electrons. The van der Waals surface area contributed by atoms with Gasteiger partial charge in [-0.1, -0.05) is 42.2 Å². The average molecular weight is 561 g/mol. The van der Waals surface area contributed by atoms with E-state index in [2.05, 4.69) is 22.3 Å². The number of piperidine rings is 1. The number of nitrogens with one attached hydrogen (secondary N) is 1. The van der Waals surface area contributed by atoms with Gasteiger partial charge >= 0.3 is 18.1 Å². The molecule has 1 aliphatic rings. The largest absolute Gasteiger partial charge is 0.490 e. The maximum atomic E-state index is 12.7. The highest BCUT2D eigenvalue weighted by Gasteiger charge is 2.38. The van der Waals surface area contributed by atoms with Gasteiger partial charge in [0.05, 0.1) is 7.11 Å². The third kappa shape index (κ3) is 11.5. The fourth-order valence-corrected chi connectivity index (χ4v) is 3.94. The minimum atomic E-state index is -5.08. The molecule has 1 saturated heterocycles. The van der Waals surface area contributed by atoms with E-state index in [4.69, 9.17) is 20.5 Å². The Morgan fingerprint density at radius 1 is 1.15 bits per heavy atom. The van der Waals surface area contributed by atoms with Crippen LogP contribution >= 0.6 is 0 Å². The number of alkyl halides is 3. The molecular formula is C28H31F3N4O5. The van der Waals surface area contributed by atoms with E-state index in [-0.39, 0.29) is 11.8 Å². The van der Waals surface area contributed by atoms with Crippen LogP contribution in [0.4, 0.5) is 13.2 Å². The number of amides is 1. The van der Waals surface area contributed by atoms with Gasteiger partial charge < -0.3 is 25.9 Å². The molecule has 1 heterocycles. The van der Waals surface area contributed by atoms with Gasteiger partial charge in [0.15, 0.2) is 0 Å². The first-order chi connectivity index (χ1) is 19.0. The number of carbonyl (C=O) groups is 3. The van der Waals surface area contributed by atoms with Crippen molar-refractivity contribution in [1.82, 2.24) is 10.2 Å². The summed E-state index contributed by atoms with van der Waals surface area (Å²) >= 11 is 0. The number of ether oxygens (including phenoxy) is 1. The van der Waals surface area contributed by atoms with E-state index >= 15 is 0 Å². The van der Waals surface area contributed by atoms with Gasteiger partial charge in [0, 0.05) is 37.1 Å². The van der Waals surface area contributed by atoms with Crippen LogP contribution in [0.5, 0.6) is 0 Å². The molecule has 214 valence electrons. The van der Waals surface area contributed by atoms with Crippen LogP contribution in [0.1, 0.15) is 36.0 Å². The molecule has 40 heavy (non-hydrogen) atoms. The number of nitrogens with two attached hydrogens (primary N) is 1. The summed E-state index contributed by atoms with van der Waals surface area (Å²) in [7, 11) is 1.33. The van der Waals surface area contributed by atoms with Crippen LogP contribution in [0, 0.1) is 17.8 Å². The summed E-state index contributed by atoms with van der Waals surface area (Å²) in [6.45, 7) is 1.61. The number of carbonyl (C=O) groups excluding carboxylic acids is 2. The summed E-state index contributed by atoms with van der Waals surface area (Å²) < 4.78 is 36.7. The van der Waals surface area contributed by atoms with Crippen LogP contribution in [0.15, 0.2) is 59.7 Å². The van der Waals surface area contributed by atoms with Crippen molar-refractivity contribution in [3.05, 3.63) is 71.3 Å². The molecule has 2 aromatic rings. The van der Waals surface area contributed by atoms with Crippen molar-refractivity contribution in [3.8, 4) is 11.8 Å². The van der Waals surface area contributed by atoms with E-state index in [1.807, 2.05) is 59.5 Å². The van der Waals surface area contributed by atoms with Crippen molar-refractivity contribution in [3.63, 3.8) is 0 Å². The molecule has 0 spiro atoms. The molecule has 1 fully saturated rings. The molecular weight excluding hydrogens is 529 g/mol. The van der Waals surface area contributed by atoms with Gasteiger partial charge in [0.1, 0.15) is 12.4 Å². The molecule has 0 saturated carbocycles. The van der Waals surface area contributed by atoms with Crippen LogP contribution in [0.3, 0.4) is 0 Å². The number of nitrogens with zero attached hydrogens (tertiary/aromatic N) is 2. The topological polar surface area (TPSA) is 134 Å². The summed E-state index contributed by atoms with van der Waals surface area (Å²) in [5, 5.41) is 13.5. The lowest BCUT2D eigenvalue weighted by molar-refractivity contribution is -0.192. The Hall–Kier alpha value is -4.53. The molecule has 0 aromatic heterocycles. The van der Waals surface area contributed by atoms with Gasteiger partial charge in [0.25, 0.3) is 0 Å². The van der Waals surface area contributed by atoms with Crippen LogP contribution in [-0.4, -0.2) is 66.6 Å². The maximum Gasteiger partial charge on any atom is 0.490 e. The monoisotopic (exact) mass is 560 g/mol. The molecule has 2 aromatic carbocycles. The third-order valence-corrected chi connectivity index (χ3v) is 5.84. The minimum absolute atomic E-state index is 0.160. The molecule has 12 heteroatoms. The second-order valence-corrected chi connectivity index (χ2v) is 8.94. The number of likely N-dealkylation sites (tertiary alicyclic amines) is 1. The second kappa shape index (κ2) is 15.8. The first-order valence-corrected chi connectivity index (χ1v) is 12.3. The fraction of sp³-hybridized carbons (Fsp3) is 0.357. The first-order valence-electron chi connectivity index (χ1n) is 12.3. The number of methoxy groups -OCH3 is 1. The number of hydrazone groups is 1. The fourth-order valence-electron chi connectivity index (χ4n) is 3.94. The number of rotatable bonds is 7. The molecule has 2 atom stereocenters. The zero-order valence-corrected chi connectivity index (χ0v) is 21.9. The van der Waals surface area contributed by atoms with E-state index in [1.54, 1.807) is 6.34 Å². The van der Waals surface area contributed by atoms with Crippen LogP contribution in [0.2, 0.25) is 0 Å². The predicted octanol–water partition coefficient (Wildman–Crippen LogP) is 2.92. The number of esters is 1. The van der Waals surface area contributed by atoms with Crippen molar-refractivity contribution >= 4 is 24.2 Å². The average Bonchev–Trinajstić information content (AvgIpc) is 2.92. The van der Waals surface area contributed by atoms with E-state index in [1.165, 1.54) is 7.11 Å². The van der Waals surface area contributed by atoms with E-state index < -0.39 is 24.2 Å². The summed E-state index contributed by atoms with van der Waals surface area (Å²) in [6.07, 6.45) is -0.854. The van der Waals surface area contributed by atoms with Gasteiger partial charge in [-0.05, 0) is 48.6 Å². The Balaban J connectivity index is 0.000000708. The van der Waals surface area contributed by atoms with Crippen LogP contribution < -0.4 is 11.2 Å². The van der Waals surface area contributed by atoms with Crippen molar-refractivity contribution in [2.45, 2.75) is 37.9 Å². The van der Waals surface area contributed by atoms with E-state index in [9.17, 15) is 22.8 Å². The number of hydrogen-bond donors (Lipinski definition) is 3. The van der Waals surface area contributed by atoms with Crippen molar-refractivity contribution in [2.75, 3.05) is 20.2 Å². The maximum absolute atomic E-state index is 12.7. The standard InChI is InChI=1S/C26H30N4O3.C2HF3O2/c1-33-26(32)24(29-25(31)17-23-8-5-15-30(18-23)19-28-27)16-22-13-11-21(12-14-22)10-9-20-6-3-2-4-7-20;3-2(4,5)1(6)7/h2-4,6-7,11-14,19,23-24H,5,8,15-18,27H2,1H3,(H,29,31);(H,6,7). The molecule has 2 unspecified atom stereocenters. The quantitative estimate of drug-likeness (QED) is 0.118. The number of aliphatic carboxylic acids is 1. The SMILES string of the molecule is COC(=O)C(Cc1ccc(C#Cc2ccccc2)cc1)NC(=O)CC1CCCN(C=NN)C1.O=C(O)C(F)(F)F. The number of benzene rings is 2. The number of halogens is 3. The van der Waals surface area contributed by atoms with Gasteiger partial charge in [0.2, 0.25) is 5.91 Å². The Morgan fingerprint density at radius 2 is 1.75 bits per heavy atom. The lowest BCUT2D eigenvalue weighted by Crippen LogP contribution is -2.44. The highest BCUT2D eigenvalue weighted by atomic mass is 19.4. The third-order valence-electron chi connectivity index (χ3n) is 5.84. The summed E-state index contributed by atoms with van der Waals surface area (Å²) in [6, 6.07) is 16.7. The normalized spacial score (nSPS) is 15.6.